The fourth-order valence-corrected chi connectivity index (χ4v) is 1.86. The zero-order valence-electron chi connectivity index (χ0n) is 12.3. The summed E-state index contributed by atoms with van der Waals surface area (Å²) in [5.41, 5.74) is 0.870. The number of aromatic nitrogens is 2. The van der Waals surface area contributed by atoms with Gasteiger partial charge in [0.25, 0.3) is 11.5 Å². The number of methoxy groups -OCH3 is 1. The Bertz CT molecular complexity index is 743. The molecule has 1 heterocycles. The first-order valence-electron chi connectivity index (χ1n) is 6.66. The van der Waals surface area contributed by atoms with Gasteiger partial charge in [0, 0.05) is 18.9 Å². The molecule has 6 nitrogen and oxygen atoms in total. The molecule has 0 unspecified atom stereocenters. The molecule has 1 aromatic heterocycles. The number of amides is 1. The van der Waals surface area contributed by atoms with Crippen LogP contribution in [0.15, 0.2) is 35.1 Å². The number of hydrogen-bond acceptors (Lipinski definition) is 4. The van der Waals surface area contributed by atoms with Crippen LogP contribution in [0.2, 0.25) is 0 Å². The highest BCUT2D eigenvalue weighted by Gasteiger charge is 2.11. The number of nitrogens with zero attached hydrogens (tertiary/aromatic N) is 2. The van der Waals surface area contributed by atoms with Crippen LogP contribution in [0.25, 0.3) is 0 Å². The number of ether oxygens (including phenoxy) is 1. The lowest BCUT2D eigenvalue weighted by Gasteiger charge is -2.09. The Kier molecular flexibility index (Phi) is 5.00. The molecule has 7 heteroatoms. The summed E-state index contributed by atoms with van der Waals surface area (Å²) in [5.74, 6) is -0.845. The molecule has 0 saturated heterocycles. The first-order chi connectivity index (χ1) is 10.5. The lowest BCUT2D eigenvalue weighted by Crippen LogP contribution is -2.27. The summed E-state index contributed by atoms with van der Waals surface area (Å²) in [6, 6.07) is 6.68. The summed E-state index contributed by atoms with van der Waals surface area (Å²) in [4.78, 5) is 23.8. The minimum Gasteiger partial charge on any atom is -0.383 e. The van der Waals surface area contributed by atoms with Crippen LogP contribution < -0.4 is 10.9 Å². The third-order valence-electron chi connectivity index (χ3n) is 3.04. The summed E-state index contributed by atoms with van der Waals surface area (Å²) in [6.07, 6.45) is 0. The van der Waals surface area contributed by atoms with Crippen LogP contribution in [0.3, 0.4) is 0 Å². The van der Waals surface area contributed by atoms with Crippen molar-refractivity contribution in [1.82, 2.24) is 9.78 Å². The molecule has 2 rings (SSSR count). The first-order valence-corrected chi connectivity index (χ1v) is 6.66. The van der Waals surface area contributed by atoms with Crippen molar-refractivity contribution in [2.45, 2.75) is 13.5 Å². The van der Waals surface area contributed by atoms with E-state index in [-0.39, 0.29) is 23.6 Å². The van der Waals surface area contributed by atoms with E-state index in [0.717, 1.165) is 4.68 Å². The second kappa shape index (κ2) is 6.95. The van der Waals surface area contributed by atoms with E-state index in [1.54, 1.807) is 6.92 Å². The summed E-state index contributed by atoms with van der Waals surface area (Å²) < 4.78 is 19.1. The van der Waals surface area contributed by atoms with E-state index in [9.17, 15) is 14.0 Å². The number of halogens is 1. The van der Waals surface area contributed by atoms with Gasteiger partial charge in [0.15, 0.2) is 0 Å². The zero-order chi connectivity index (χ0) is 16.1. The molecule has 0 bridgehead atoms. The highest BCUT2D eigenvalue weighted by atomic mass is 19.1. The zero-order valence-corrected chi connectivity index (χ0v) is 12.3. The van der Waals surface area contributed by atoms with Gasteiger partial charge in [0.1, 0.15) is 11.5 Å². The third-order valence-corrected chi connectivity index (χ3v) is 3.04. The molecule has 1 N–H and O–H groups in total. The normalized spacial score (nSPS) is 10.5. The second-order valence-electron chi connectivity index (χ2n) is 4.69. The Hall–Kier alpha value is -2.54. The van der Waals surface area contributed by atoms with Crippen molar-refractivity contribution in [3.8, 4) is 0 Å². The highest BCUT2D eigenvalue weighted by molar-refractivity contribution is 6.03. The van der Waals surface area contributed by atoms with Gasteiger partial charge in [0.05, 0.1) is 13.2 Å². The standard InChI is InChI=1S/C15H16FN3O3/c1-10-9-11(16)3-4-12(10)17-15(21)13-5-6-14(20)19(18-13)7-8-22-2/h3-6,9H,7-8H2,1-2H3,(H,17,21). The maximum atomic E-state index is 13.0. The Morgan fingerprint density at radius 3 is 2.82 bits per heavy atom. The number of carbonyl (C=O) groups is 1. The quantitative estimate of drug-likeness (QED) is 0.910. The minimum atomic E-state index is -0.471. The molecule has 22 heavy (non-hydrogen) atoms. The molecule has 0 radical (unpaired) electrons. The number of rotatable bonds is 5. The Labute approximate surface area is 126 Å². The fraction of sp³-hybridized carbons (Fsp3) is 0.267. The number of nitrogens with one attached hydrogen (secondary N) is 1. The molecular formula is C15H16FN3O3. The summed E-state index contributed by atoms with van der Waals surface area (Å²) in [6.45, 7) is 2.26. The molecular weight excluding hydrogens is 289 g/mol. The van der Waals surface area contributed by atoms with Crippen LogP contribution in [-0.2, 0) is 11.3 Å². The highest BCUT2D eigenvalue weighted by Crippen LogP contribution is 2.16. The molecule has 0 aliphatic carbocycles. The van der Waals surface area contributed by atoms with Crippen molar-refractivity contribution < 1.29 is 13.9 Å². The Balaban J connectivity index is 2.20. The van der Waals surface area contributed by atoms with E-state index in [1.807, 2.05) is 0 Å². The predicted octanol–water partition coefficient (Wildman–Crippen LogP) is 1.59. The lowest BCUT2D eigenvalue weighted by atomic mass is 10.2. The van der Waals surface area contributed by atoms with Crippen molar-refractivity contribution in [2.24, 2.45) is 0 Å². The number of benzene rings is 1. The van der Waals surface area contributed by atoms with Gasteiger partial charge in [0.2, 0.25) is 0 Å². The topological polar surface area (TPSA) is 73.2 Å². The van der Waals surface area contributed by atoms with Gasteiger partial charge in [-0.15, -0.1) is 0 Å². The minimum absolute atomic E-state index is 0.0967. The molecule has 0 fully saturated rings. The van der Waals surface area contributed by atoms with E-state index in [0.29, 0.717) is 17.9 Å². The molecule has 0 saturated carbocycles. The van der Waals surface area contributed by atoms with Crippen molar-refractivity contribution in [1.29, 1.82) is 0 Å². The molecule has 0 spiro atoms. The van der Waals surface area contributed by atoms with Gasteiger partial charge in [-0.25, -0.2) is 9.07 Å². The van der Waals surface area contributed by atoms with Crippen LogP contribution in [0.4, 0.5) is 10.1 Å². The van der Waals surface area contributed by atoms with E-state index in [1.165, 1.54) is 37.4 Å². The van der Waals surface area contributed by atoms with Crippen molar-refractivity contribution in [3.63, 3.8) is 0 Å². The first kappa shape index (κ1) is 15.8. The Morgan fingerprint density at radius 1 is 1.36 bits per heavy atom. The largest absolute Gasteiger partial charge is 0.383 e. The van der Waals surface area contributed by atoms with Gasteiger partial charge < -0.3 is 10.1 Å². The average Bonchev–Trinajstić information content (AvgIpc) is 2.49. The maximum absolute atomic E-state index is 13.0. The molecule has 0 aliphatic rings. The molecule has 0 atom stereocenters. The number of aryl methyl sites for hydroxylation is 1. The fourth-order valence-electron chi connectivity index (χ4n) is 1.86. The smallest absolute Gasteiger partial charge is 0.276 e. The number of carbonyl (C=O) groups excluding carboxylic acids is 1. The van der Waals surface area contributed by atoms with E-state index in [2.05, 4.69) is 10.4 Å². The van der Waals surface area contributed by atoms with Gasteiger partial charge in [-0.3, -0.25) is 9.59 Å². The van der Waals surface area contributed by atoms with E-state index < -0.39 is 5.91 Å². The van der Waals surface area contributed by atoms with Crippen LogP contribution in [0.1, 0.15) is 16.1 Å². The second-order valence-corrected chi connectivity index (χ2v) is 4.69. The number of anilines is 1. The average molecular weight is 305 g/mol. The van der Waals surface area contributed by atoms with Crippen molar-refractivity contribution in [3.05, 3.63) is 57.8 Å². The summed E-state index contributed by atoms with van der Waals surface area (Å²) in [5, 5.41) is 6.63. The number of hydrogen-bond donors (Lipinski definition) is 1. The maximum Gasteiger partial charge on any atom is 0.276 e. The van der Waals surface area contributed by atoms with Crippen LogP contribution in [-0.4, -0.2) is 29.4 Å². The molecule has 1 aromatic carbocycles. The van der Waals surface area contributed by atoms with E-state index >= 15 is 0 Å². The SMILES string of the molecule is COCCn1nc(C(=O)Nc2ccc(F)cc2C)ccc1=O. The molecule has 2 aromatic rings. The summed E-state index contributed by atoms with van der Waals surface area (Å²) in [7, 11) is 1.51. The molecule has 116 valence electrons. The van der Waals surface area contributed by atoms with Gasteiger partial charge >= 0.3 is 0 Å². The van der Waals surface area contributed by atoms with Crippen molar-refractivity contribution >= 4 is 11.6 Å². The van der Waals surface area contributed by atoms with Gasteiger partial charge in [-0.2, -0.15) is 5.10 Å². The van der Waals surface area contributed by atoms with E-state index in [4.69, 9.17) is 4.74 Å². The Morgan fingerprint density at radius 2 is 2.14 bits per heavy atom. The van der Waals surface area contributed by atoms with Crippen LogP contribution in [0.5, 0.6) is 0 Å². The van der Waals surface area contributed by atoms with Crippen LogP contribution >= 0.6 is 0 Å². The third kappa shape index (κ3) is 3.76. The van der Waals surface area contributed by atoms with Crippen molar-refractivity contribution in [2.75, 3.05) is 19.0 Å². The summed E-state index contributed by atoms with van der Waals surface area (Å²) >= 11 is 0. The predicted molar refractivity (Wildman–Crippen MR) is 79.5 cm³/mol. The molecule has 1 amide bonds. The van der Waals surface area contributed by atoms with Gasteiger partial charge in [-0.05, 0) is 36.8 Å². The lowest BCUT2D eigenvalue weighted by molar-refractivity contribution is 0.101. The van der Waals surface area contributed by atoms with Crippen LogP contribution in [0, 0.1) is 12.7 Å². The monoisotopic (exact) mass is 305 g/mol. The van der Waals surface area contributed by atoms with Gasteiger partial charge in [-0.1, -0.05) is 0 Å². The molecule has 0 aliphatic heterocycles.